The minimum Gasteiger partial charge on any atom is -0.274 e. The summed E-state index contributed by atoms with van der Waals surface area (Å²) in [4.78, 5) is 16.8. The molecule has 0 saturated carbocycles. The Morgan fingerprint density at radius 3 is 2.71 bits per heavy atom. The highest BCUT2D eigenvalue weighted by Crippen LogP contribution is 2.19. The highest BCUT2D eigenvalue weighted by Gasteiger charge is 2.13. The number of nitrogens with zero attached hydrogens (tertiary/aromatic N) is 2. The van der Waals surface area contributed by atoms with Crippen LogP contribution in [0.4, 0.5) is 4.39 Å². The number of pyridine rings is 1. The van der Waals surface area contributed by atoms with Gasteiger partial charge in [0, 0.05) is 22.8 Å². The zero-order chi connectivity index (χ0) is 15.4. The fraction of sp³-hybridized carbons (Fsp3) is 0.250. The van der Waals surface area contributed by atoms with Crippen LogP contribution in [0.1, 0.15) is 24.2 Å². The van der Waals surface area contributed by atoms with Crippen molar-refractivity contribution in [1.82, 2.24) is 4.57 Å². The van der Waals surface area contributed by atoms with Gasteiger partial charge in [-0.1, -0.05) is 23.7 Å². The van der Waals surface area contributed by atoms with Crippen LogP contribution in [0.2, 0.25) is 5.02 Å². The SMILES string of the molecule is CC(C)N=c1ccccn1C(=O)Cc1c(F)cccc1Cl. The van der Waals surface area contributed by atoms with Gasteiger partial charge in [-0.2, -0.15) is 0 Å². The first kappa shape index (κ1) is 15.4. The lowest BCUT2D eigenvalue weighted by atomic mass is 10.1. The monoisotopic (exact) mass is 306 g/mol. The lowest BCUT2D eigenvalue weighted by Crippen LogP contribution is -2.29. The number of hydrogen-bond donors (Lipinski definition) is 0. The van der Waals surface area contributed by atoms with Gasteiger partial charge in [-0.3, -0.25) is 14.4 Å². The lowest BCUT2D eigenvalue weighted by molar-refractivity contribution is 0.0907. The summed E-state index contributed by atoms with van der Waals surface area (Å²) in [6.07, 6.45) is 1.51. The van der Waals surface area contributed by atoms with Gasteiger partial charge >= 0.3 is 0 Å². The van der Waals surface area contributed by atoms with Gasteiger partial charge in [0.05, 0.1) is 6.42 Å². The maximum Gasteiger partial charge on any atom is 0.236 e. The van der Waals surface area contributed by atoms with Crippen molar-refractivity contribution in [2.75, 3.05) is 0 Å². The molecular weight excluding hydrogens is 291 g/mol. The van der Waals surface area contributed by atoms with Crippen molar-refractivity contribution >= 4 is 17.5 Å². The Kier molecular flexibility index (Phi) is 4.91. The van der Waals surface area contributed by atoms with E-state index in [1.165, 1.54) is 16.7 Å². The van der Waals surface area contributed by atoms with E-state index in [9.17, 15) is 9.18 Å². The number of aromatic nitrogens is 1. The minimum absolute atomic E-state index is 0.0588. The predicted molar refractivity (Wildman–Crippen MR) is 80.9 cm³/mol. The van der Waals surface area contributed by atoms with Crippen molar-refractivity contribution in [3.8, 4) is 0 Å². The van der Waals surface area contributed by atoms with E-state index in [0.29, 0.717) is 5.49 Å². The van der Waals surface area contributed by atoms with Crippen molar-refractivity contribution in [3.63, 3.8) is 0 Å². The summed E-state index contributed by atoms with van der Waals surface area (Å²) in [5, 5.41) is 0.252. The molecule has 2 aromatic rings. The van der Waals surface area contributed by atoms with Crippen molar-refractivity contribution in [1.29, 1.82) is 0 Å². The van der Waals surface area contributed by atoms with Gasteiger partial charge in [-0.25, -0.2) is 4.39 Å². The molecule has 5 heteroatoms. The first-order chi connectivity index (χ1) is 9.99. The molecule has 110 valence electrons. The summed E-state index contributed by atoms with van der Waals surface area (Å²) >= 11 is 5.96. The maximum atomic E-state index is 13.8. The summed E-state index contributed by atoms with van der Waals surface area (Å²) in [6.45, 7) is 3.85. The Morgan fingerprint density at radius 1 is 1.29 bits per heavy atom. The van der Waals surface area contributed by atoms with E-state index in [0.717, 1.165) is 0 Å². The maximum absolute atomic E-state index is 13.8. The summed E-state index contributed by atoms with van der Waals surface area (Å²) in [6, 6.07) is 9.73. The van der Waals surface area contributed by atoms with Gasteiger partial charge in [0.15, 0.2) is 0 Å². The quantitative estimate of drug-likeness (QED) is 0.855. The number of benzene rings is 1. The van der Waals surface area contributed by atoms with Gasteiger partial charge in [0.2, 0.25) is 5.91 Å². The lowest BCUT2D eigenvalue weighted by Gasteiger charge is -2.09. The van der Waals surface area contributed by atoms with Gasteiger partial charge in [0.1, 0.15) is 11.3 Å². The third kappa shape index (κ3) is 3.79. The molecule has 0 bridgehead atoms. The second kappa shape index (κ2) is 6.68. The second-order valence-electron chi connectivity index (χ2n) is 4.92. The summed E-state index contributed by atoms with van der Waals surface area (Å²) in [5.41, 5.74) is 0.751. The largest absolute Gasteiger partial charge is 0.274 e. The van der Waals surface area contributed by atoms with E-state index in [1.807, 2.05) is 13.8 Å². The molecule has 21 heavy (non-hydrogen) atoms. The number of hydrogen-bond acceptors (Lipinski definition) is 2. The normalized spacial score (nSPS) is 12.0. The Balaban J connectivity index is 2.38. The molecule has 1 aromatic carbocycles. The molecule has 0 amide bonds. The molecule has 0 spiro atoms. The van der Waals surface area contributed by atoms with Crippen LogP contribution in [-0.4, -0.2) is 16.5 Å². The molecule has 2 rings (SSSR count). The van der Waals surface area contributed by atoms with Crippen molar-refractivity contribution in [2.24, 2.45) is 4.99 Å². The molecule has 1 heterocycles. The van der Waals surface area contributed by atoms with Gasteiger partial charge in [-0.15, -0.1) is 0 Å². The zero-order valence-corrected chi connectivity index (χ0v) is 12.6. The number of carbonyl (C=O) groups excluding carboxylic acids is 1. The smallest absolute Gasteiger partial charge is 0.236 e. The Hall–Kier alpha value is -1.94. The van der Waals surface area contributed by atoms with Crippen molar-refractivity contribution in [3.05, 3.63) is 64.5 Å². The molecule has 0 N–H and O–H groups in total. The average molecular weight is 307 g/mol. The first-order valence-corrected chi connectivity index (χ1v) is 7.04. The van der Waals surface area contributed by atoms with E-state index in [1.54, 1.807) is 30.5 Å². The first-order valence-electron chi connectivity index (χ1n) is 6.66. The molecular formula is C16H16ClFN2O. The highest BCUT2D eigenvalue weighted by atomic mass is 35.5. The van der Waals surface area contributed by atoms with Crippen LogP contribution in [0.5, 0.6) is 0 Å². The molecule has 0 radical (unpaired) electrons. The van der Waals surface area contributed by atoms with Crippen LogP contribution in [0.3, 0.4) is 0 Å². The molecule has 3 nitrogen and oxygen atoms in total. The molecule has 0 fully saturated rings. The Bertz CT molecular complexity index is 702. The van der Waals surface area contributed by atoms with Crippen LogP contribution < -0.4 is 5.49 Å². The van der Waals surface area contributed by atoms with Crippen LogP contribution in [0.25, 0.3) is 0 Å². The molecule has 0 unspecified atom stereocenters. The topological polar surface area (TPSA) is 34.4 Å². The Morgan fingerprint density at radius 2 is 2.05 bits per heavy atom. The average Bonchev–Trinajstić information content (AvgIpc) is 2.43. The molecule has 0 aliphatic rings. The third-order valence-corrected chi connectivity index (χ3v) is 3.24. The van der Waals surface area contributed by atoms with Crippen LogP contribution in [0, 0.1) is 5.82 Å². The molecule has 0 saturated heterocycles. The van der Waals surface area contributed by atoms with Gasteiger partial charge in [-0.05, 0) is 38.1 Å². The van der Waals surface area contributed by atoms with Crippen LogP contribution in [-0.2, 0) is 6.42 Å². The fourth-order valence-corrected chi connectivity index (χ4v) is 2.18. The number of carbonyl (C=O) groups is 1. The standard InChI is InChI=1S/C16H16ClFN2O/c1-11(2)19-15-8-3-4-9-20(15)16(21)10-12-13(17)6-5-7-14(12)18/h3-9,11H,10H2,1-2H3. The fourth-order valence-electron chi connectivity index (χ4n) is 1.95. The second-order valence-corrected chi connectivity index (χ2v) is 5.33. The van der Waals surface area contributed by atoms with E-state index in [4.69, 9.17) is 11.6 Å². The van der Waals surface area contributed by atoms with Crippen LogP contribution in [0.15, 0.2) is 47.6 Å². The molecule has 0 atom stereocenters. The zero-order valence-electron chi connectivity index (χ0n) is 11.9. The van der Waals surface area contributed by atoms with Crippen LogP contribution >= 0.6 is 11.6 Å². The van der Waals surface area contributed by atoms with Gasteiger partial charge in [0.25, 0.3) is 0 Å². The highest BCUT2D eigenvalue weighted by molar-refractivity contribution is 6.31. The minimum atomic E-state index is -0.477. The summed E-state index contributed by atoms with van der Waals surface area (Å²) in [5.74, 6) is -0.753. The van der Waals surface area contributed by atoms with Gasteiger partial charge < -0.3 is 0 Å². The summed E-state index contributed by atoms with van der Waals surface area (Å²) in [7, 11) is 0. The van der Waals surface area contributed by atoms with E-state index in [-0.39, 0.29) is 29.0 Å². The molecule has 0 aliphatic heterocycles. The molecule has 0 aliphatic carbocycles. The van der Waals surface area contributed by atoms with E-state index in [2.05, 4.69) is 4.99 Å². The summed E-state index contributed by atoms with van der Waals surface area (Å²) < 4.78 is 15.2. The Labute approximate surface area is 127 Å². The third-order valence-electron chi connectivity index (χ3n) is 2.89. The van der Waals surface area contributed by atoms with E-state index >= 15 is 0 Å². The number of rotatable bonds is 3. The molecule has 1 aromatic heterocycles. The number of halogens is 2. The van der Waals surface area contributed by atoms with E-state index < -0.39 is 5.82 Å². The predicted octanol–water partition coefficient (Wildman–Crippen LogP) is 3.47. The van der Waals surface area contributed by atoms with Crippen molar-refractivity contribution in [2.45, 2.75) is 26.3 Å². The van der Waals surface area contributed by atoms with Crippen molar-refractivity contribution < 1.29 is 9.18 Å².